The zero-order chi connectivity index (χ0) is 13.0. The highest BCUT2D eigenvalue weighted by atomic mass is 35.5. The summed E-state index contributed by atoms with van der Waals surface area (Å²) in [5.41, 5.74) is 0.949. The number of nitrogens with zero attached hydrogens (tertiary/aromatic N) is 2. The maximum absolute atomic E-state index is 6.22. The van der Waals surface area contributed by atoms with Gasteiger partial charge >= 0.3 is 0 Å². The van der Waals surface area contributed by atoms with Crippen LogP contribution in [0.4, 0.5) is 5.82 Å². The molecule has 0 N–H and O–H groups in total. The highest BCUT2D eigenvalue weighted by Gasteiger charge is 2.15. The highest BCUT2D eigenvalue weighted by molar-refractivity contribution is 6.33. The molecule has 1 unspecified atom stereocenters. The van der Waals surface area contributed by atoms with E-state index in [1.807, 2.05) is 13.1 Å². The summed E-state index contributed by atoms with van der Waals surface area (Å²) in [4.78, 5) is 6.51. The van der Waals surface area contributed by atoms with E-state index in [2.05, 4.69) is 30.7 Å². The van der Waals surface area contributed by atoms with Crippen LogP contribution in [0.15, 0.2) is 12.3 Å². The van der Waals surface area contributed by atoms with Crippen molar-refractivity contribution in [2.45, 2.75) is 39.1 Å². The van der Waals surface area contributed by atoms with E-state index in [0.29, 0.717) is 22.9 Å². The predicted octanol–water partition coefficient (Wildman–Crippen LogP) is 4.34. The molecule has 1 heterocycles. The number of aromatic nitrogens is 1. The van der Waals surface area contributed by atoms with Crippen molar-refractivity contribution in [3.8, 4) is 0 Å². The molecule has 0 saturated heterocycles. The molecule has 0 aliphatic carbocycles. The fourth-order valence-corrected chi connectivity index (χ4v) is 2.32. The lowest BCUT2D eigenvalue weighted by atomic mass is 10.0. The number of alkyl halides is 1. The van der Waals surface area contributed by atoms with Gasteiger partial charge in [-0.1, -0.05) is 25.4 Å². The lowest BCUT2D eigenvalue weighted by molar-refractivity contribution is 0.502. The number of hydrogen-bond acceptors (Lipinski definition) is 2. The number of anilines is 1. The Morgan fingerprint density at radius 2 is 2.00 bits per heavy atom. The van der Waals surface area contributed by atoms with Crippen LogP contribution in [-0.2, 0) is 5.88 Å². The van der Waals surface area contributed by atoms with E-state index in [9.17, 15) is 0 Å². The van der Waals surface area contributed by atoms with Gasteiger partial charge in [0.05, 0.1) is 5.02 Å². The van der Waals surface area contributed by atoms with E-state index in [0.717, 1.165) is 17.8 Å². The Bertz CT molecular complexity index is 366. The molecule has 0 amide bonds. The molecule has 17 heavy (non-hydrogen) atoms. The Kier molecular flexibility index (Phi) is 5.54. The lowest BCUT2D eigenvalue weighted by Crippen LogP contribution is -2.31. The molecule has 0 saturated carbocycles. The fourth-order valence-electron chi connectivity index (χ4n) is 1.85. The molecule has 1 atom stereocenters. The van der Waals surface area contributed by atoms with Gasteiger partial charge in [0.1, 0.15) is 5.82 Å². The van der Waals surface area contributed by atoms with E-state index < -0.39 is 0 Å². The summed E-state index contributed by atoms with van der Waals surface area (Å²) < 4.78 is 0. The second-order valence-corrected chi connectivity index (χ2v) is 5.55. The van der Waals surface area contributed by atoms with Crippen LogP contribution < -0.4 is 4.90 Å². The van der Waals surface area contributed by atoms with Gasteiger partial charge in [-0.2, -0.15) is 0 Å². The van der Waals surface area contributed by atoms with Crippen LogP contribution in [0.5, 0.6) is 0 Å². The van der Waals surface area contributed by atoms with Crippen LogP contribution in [0.2, 0.25) is 5.02 Å². The van der Waals surface area contributed by atoms with E-state index in [-0.39, 0.29) is 0 Å². The van der Waals surface area contributed by atoms with Gasteiger partial charge in [-0.05, 0) is 30.9 Å². The summed E-state index contributed by atoms with van der Waals surface area (Å²) in [7, 11) is 2.03. The maximum atomic E-state index is 6.22. The summed E-state index contributed by atoms with van der Waals surface area (Å²) >= 11 is 12.0. The molecular weight excluding hydrogens is 255 g/mol. The number of rotatable bonds is 5. The van der Waals surface area contributed by atoms with Gasteiger partial charge in [0.25, 0.3) is 0 Å². The van der Waals surface area contributed by atoms with Gasteiger partial charge in [0.2, 0.25) is 0 Å². The quantitative estimate of drug-likeness (QED) is 0.743. The zero-order valence-corrected chi connectivity index (χ0v) is 12.4. The summed E-state index contributed by atoms with van der Waals surface area (Å²) in [6.07, 6.45) is 2.90. The summed E-state index contributed by atoms with van der Waals surface area (Å²) in [5.74, 6) is 1.93. The molecule has 0 bridgehead atoms. The third-order valence-electron chi connectivity index (χ3n) is 2.84. The van der Waals surface area contributed by atoms with E-state index in [1.54, 1.807) is 6.20 Å². The minimum atomic E-state index is 0.418. The molecule has 1 aromatic rings. The molecule has 0 radical (unpaired) electrons. The average molecular weight is 275 g/mol. The monoisotopic (exact) mass is 274 g/mol. The van der Waals surface area contributed by atoms with Crippen LogP contribution in [0.25, 0.3) is 0 Å². The zero-order valence-electron chi connectivity index (χ0n) is 10.9. The molecule has 4 heteroatoms. The first kappa shape index (κ1) is 14.6. The summed E-state index contributed by atoms with van der Waals surface area (Å²) in [6, 6.07) is 2.30. The number of pyridine rings is 1. The van der Waals surface area contributed by atoms with Crippen LogP contribution in [0.3, 0.4) is 0 Å². The topological polar surface area (TPSA) is 16.1 Å². The van der Waals surface area contributed by atoms with Crippen molar-refractivity contribution >= 4 is 29.0 Å². The molecule has 1 rings (SSSR count). The van der Waals surface area contributed by atoms with Crippen molar-refractivity contribution in [3.05, 3.63) is 22.8 Å². The molecule has 96 valence electrons. The molecule has 0 aliphatic rings. The molecule has 2 nitrogen and oxygen atoms in total. The second-order valence-electron chi connectivity index (χ2n) is 4.87. The maximum Gasteiger partial charge on any atom is 0.147 e. The third kappa shape index (κ3) is 4.04. The molecular formula is C13H20Cl2N2. The van der Waals surface area contributed by atoms with Crippen LogP contribution in [0, 0.1) is 5.92 Å². The first-order chi connectivity index (χ1) is 7.95. The largest absolute Gasteiger partial charge is 0.356 e. The van der Waals surface area contributed by atoms with Crippen molar-refractivity contribution in [2.75, 3.05) is 11.9 Å². The molecule has 0 aromatic carbocycles. The lowest BCUT2D eigenvalue weighted by Gasteiger charge is -2.28. The number of halogens is 2. The van der Waals surface area contributed by atoms with E-state index in [4.69, 9.17) is 23.2 Å². The van der Waals surface area contributed by atoms with Gasteiger partial charge < -0.3 is 4.90 Å². The van der Waals surface area contributed by atoms with Crippen LogP contribution in [0.1, 0.15) is 32.8 Å². The van der Waals surface area contributed by atoms with Crippen molar-refractivity contribution in [3.63, 3.8) is 0 Å². The molecule has 0 spiro atoms. The minimum Gasteiger partial charge on any atom is -0.356 e. The fraction of sp³-hybridized carbons (Fsp3) is 0.615. The van der Waals surface area contributed by atoms with Crippen LogP contribution >= 0.6 is 23.2 Å². The van der Waals surface area contributed by atoms with Gasteiger partial charge in [-0.3, -0.25) is 0 Å². The normalized spacial score (nSPS) is 12.9. The highest BCUT2D eigenvalue weighted by Crippen LogP contribution is 2.26. The second kappa shape index (κ2) is 6.46. The predicted molar refractivity (Wildman–Crippen MR) is 76.1 cm³/mol. The number of hydrogen-bond donors (Lipinski definition) is 0. The smallest absolute Gasteiger partial charge is 0.147 e. The van der Waals surface area contributed by atoms with E-state index >= 15 is 0 Å². The molecule has 1 aromatic heterocycles. The molecule has 0 aliphatic heterocycles. The first-order valence-corrected chi connectivity index (χ1v) is 6.80. The van der Waals surface area contributed by atoms with Crippen LogP contribution in [-0.4, -0.2) is 18.1 Å². The Morgan fingerprint density at radius 3 is 2.47 bits per heavy atom. The van der Waals surface area contributed by atoms with E-state index in [1.165, 1.54) is 0 Å². The Labute approximate surface area is 114 Å². The van der Waals surface area contributed by atoms with Crippen molar-refractivity contribution < 1.29 is 0 Å². The summed E-state index contributed by atoms with van der Waals surface area (Å²) in [6.45, 7) is 6.62. The minimum absolute atomic E-state index is 0.418. The van der Waals surface area contributed by atoms with Gasteiger partial charge in [-0.15, -0.1) is 11.6 Å². The third-order valence-corrected chi connectivity index (χ3v) is 3.43. The van der Waals surface area contributed by atoms with Gasteiger partial charge in [0.15, 0.2) is 0 Å². The van der Waals surface area contributed by atoms with Crippen molar-refractivity contribution in [2.24, 2.45) is 5.92 Å². The Morgan fingerprint density at radius 1 is 1.35 bits per heavy atom. The Hall–Kier alpha value is -0.470. The first-order valence-electron chi connectivity index (χ1n) is 5.89. The Balaban J connectivity index is 2.84. The molecule has 0 fully saturated rings. The van der Waals surface area contributed by atoms with Gasteiger partial charge in [0, 0.05) is 25.2 Å². The van der Waals surface area contributed by atoms with Gasteiger partial charge in [-0.25, -0.2) is 4.98 Å². The van der Waals surface area contributed by atoms with Crippen molar-refractivity contribution in [1.82, 2.24) is 4.98 Å². The SMILES string of the molecule is CC(C)CC(C)N(C)c1ncc(CCl)cc1Cl. The van der Waals surface area contributed by atoms with Crippen molar-refractivity contribution in [1.29, 1.82) is 0 Å². The standard InChI is InChI=1S/C13H20Cl2N2/c1-9(2)5-10(3)17(4)13-12(15)6-11(7-14)8-16-13/h6,8-10H,5,7H2,1-4H3. The average Bonchev–Trinajstić information content (AvgIpc) is 2.27. The summed E-state index contributed by atoms with van der Waals surface area (Å²) in [5, 5.41) is 0.668.